The molecule has 1 rings (SSSR count). The number of nitrogen functional groups attached to an aromatic ring is 1. The molecular formula is C13H20ClN3O. The van der Waals surface area contributed by atoms with Gasteiger partial charge in [-0.1, -0.05) is 11.6 Å². The zero-order chi connectivity index (χ0) is 13.9. The fourth-order valence-electron chi connectivity index (χ4n) is 1.61. The van der Waals surface area contributed by atoms with E-state index in [9.17, 15) is 4.79 Å². The van der Waals surface area contributed by atoms with Gasteiger partial charge in [-0.3, -0.25) is 4.79 Å². The first-order valence-corrected chi connectivity index (χ1v) is 6.14. The van der Waals surface area contributed by atoms with E-state index in [1.165, 1.54) is 0 Å². The largest absolute Gasteiger partial charge is 0.397 e. The van der Waals surface area contributed by atoms with E-state index in [0.29, 0.717) is 10.7 Å². The maximum Gasteiger partial charge on any atom is 0.239 e. The monoisotopic (exact) mass is 269 g/mol. The van der Waals surface area contributed by atoms with Crippen LogP contribution in [0.2, 0.25) is 5.02 Å². The molecule has 3 N–H and O–H groups in total. The number of amides is 1. The van der Waals surface area contributed by atoms with Crippen molar-refractivity contribution in [2.24, 2.45) is 0 Å². The van der Waals surface area contributed by atoms with Crippen molar-refractivity contribution in [3.05, 3.63) is 23.2 Å². The van der Waals surface area contributed by atoms with Gasteiger partial charge in [0.1, 0.15) is 0 Å². The standard InChI is InChI=1S/C13H20ClN3O/c1-13(2,3)16-12(18)8-17(4)11-7-9(14)5-6-10(11)15/h5-7H,8,15H2,1-4H3,(H,16,18). The zero-order valence-corrected chi connectivity index (χ0v) is 12.0. The Balaban J connectivity index is 2.73. The molecule has 0 bridgehead atoms. The van der Waals surface area contributed by atoms with Crippen molar-refractivity contribution in [2.45, 2.75) is 26.3 Å². The minimum Gasteiger partial charge on any atom is -0.397 e. The predicted octanol–water partition coefficient (Wildman–Crippen LogP) is 2.27. The van der Waals surface area contributed by atoms with Crippen LogP contribution in [0, 0.1) is 0 Å². The minimum atomic E-state index is -0.238. The van der Waals surface area contributed by atoms with Crippen molar-refractivity contribution in [3.63, 3.8) is 0 Å². The van der Waals surface area contributed by atoms with E-state index in [-0.39, 0.29) is 18.0 Å². The second-order valence-corrected chi connectivity index (χ2v) is 5.79. The van der Waals surface area contributed by atoms with Gasteiger partial charge >= 0.3 is 0 Å². The van der Waals surface area contributed by atoms with Crippen molar-refractivity contribution in [2.75, 3.05) is 24.2 Å². The Morgan fingerprint density at radius 3 is 2.61 bits per heavy atom. The first-order chi connectivity index (χ1) is 8.19. The molecule has 100 valence electrons. The number of halogens is 1. The van der Waals surface area contributed by atoms with E-state index in [1.54, 1.807) is 23.1 Å². The van der Waals surface area contributed by atoms with Gasteiger partial charge in [0.25, 0.3) is 0 Å². The molecule has 5 heteroatoms. The third-order valence-corrected chi connectivity index (χ3v) is 2.53. The lowest BCUT2D eigenvalue weighted by atomic mass is 10.1. The smallest absolute Gasteiger partial charge is 0.239 e. The van der Waals surface area contributed by atoms with E-state index in [1.807, 2.05) is 27.8 Å². The van der Waals surface area contributed by atoms with Crippen LogP contribution in [0.25, 0.3) is 0 Å². The number of hydrogen-bond acceptors (Lipinski definition) is 3. The Hall–Kier alpha value is -1.42. The normalized spacial score (nSPS) is 11.2. The highest BCUT2D eigenvalue weighted by Crippen LogP contribution is 2.25. The highest BCUT2D eigenvalue weighted by Gasteiger charge is 2.16. The molecule has 18 heavy (non-hydrogen) atoms. The number of nitrogens with zero attached hydrogens (tertiary/aromatic N) is 1. The van der Waals surface area contributed by atoms with Crippen LogP contribution in [0.3, 0.4) is 0 Å². The van der Waals surface area contributed by atoms with Crippen molar-refractivity contribution in [3.8, 4) is 0 Å². The van der Waals surface area contributed by atoms with Gasteiger partial charge in [0.15, 0.2) is 0 Å². The highest BCUT2D eigenvalue weighted by molar-refractivity contribution is 6.31. The van der Waals surface area contributed by atoms with Gasteiger partial charge in [0.2, 0.25) is 5.91 Å². The Morgan fingerprint density at radius 2 is 2.06 bits per heavy atom. The number of nitrogens with two attached hydrogens (primary N) is 1. The molecule has 0 aliphatic heterocycles. The van der Waals surface area contributed by atoms with Gasteiger partial charge in [-0.05, 0) is 39.0 Å². The van der Waals surface area contributed by atoms with Crippen LogP contribution >= 0.6 is 11.6 Å². The van der Waals surface area contributed by atoms with Crippen LogP contribution < -0.4 is 16.0 Å². The van der Waals surface area contributed by atoms with E-state index in [2.05, 4.69) is 5.32 Å². The first-order valence-electron chi connectivity index (χ1n) is 5.76. The third kappa shape index (κ3) is 4.45. The fraction of sp³-hybridized carbons (Fsp3) is 0.462. The molecule has 0 spiro atoms. The predicted molar refractivity (Wildman–Crippen MR) is 77.0 cm³/mol. The molecule has 0 saturated heterocycles. The molecule has 0 heterocycles. The molecular weight excluding hydrogens is 250 g/mol. The van der Waals surface area contributed by atoms with Gasteiger partial charge in [-0.15, -0.1) is 0 Å². The Morgan fingerprint density at radius 1 is 1.44 bits per heavy atom. The Labute approximate surface area is 113 Å². The van der Waals surface area contributed by atoms with Gasteiger partial charge in [-0.25, -0.2) is 0 Å². The summed E-state index contributed by atoms with van der Waals surface area (Å²) in [6, 6.07) is 5.21. The molecule has 0 radical (unpaired) electrons. The number of benzene rings is 1. The molecule has 0 aromatic heterocycles. The third-order valence-electron chi connectivity index (χ3n) is 2.30. The summed E-state index contributed by atoms with van der Waals surface area (Å²) in [7, 11) is 1.81. The van der Waals surface area contributed by atoms with Crippen molar-refractivity contribution < 1.29 is 4.79 Å². The molecule has 0 aliphatic carbocycles. The number of carbonyl (C=O) groups excluding carboxylic acids is 1. The molecule has 4 nitrogen and oxygen atoms in total. The van der Waals surface area contributed by atoms with Gasteiger partial charge in [0.05, 0.1) is 17.9 Å². The van der Waals surface area contributed by atoms with Gasteiger partial charge in [0, 0.05) is 17.6 Å². The van der Waals surface area contributed by atoms with E-state index < -0.39 is 0 Å². The van der Waals surface area contributed by atoms with E-state index in [4.69, 9.17) is 17.3 Å². The topological polar surface area (TPSA) is 58.4 Å². The summed E-state index contributed by atoms with van der Waals surface area (Å²) in [6.45, 7) is 6.07. The summed E-state index contributed by atoms with van der Waals surface area (Å²) in [5, 5.41) is 3.50. The number of rotatable bonds is 3. The summed E-state index contributed by atoms with van der Waals surface area (Å²) in [4.78, 5) is 13.6. The number of hydrogen-bond donors (Lipinski definition) is 2. The fourth-order valence-corrected chi connectivity index (χ4v) is 1.77. The number of anilines is 2. The van der Waals surface area contributed by atoms with Crippen molar-refractivity contribution in [1.29, 1.82) is 0 Å². The molecule has 1 aromatic carbocycles. The summed E-state index contributed by atoms with van der Waals surface area (Å²) >= 11 is 5.92. The average molecular weight is 270 g/mol. The molecule has 0 saturated carbocycles. The highest BCUT2D eigenvalue weighted by atomic mass is 35.5. The van der Waals surface area contributed by atoms with Crippen LogP contribution in [-0.2, 0) is 4.79 Å². The lowest BCUT2D eigenvalue weighted by molar-refractivity contribution is -0.121. The summed E-state index contributed by atoms with van der Waals surface area (Å²) in [5.74, 6) is -0.0515. The molecule has 0 aliphatic rings. The van der Waals surface area contributed by atoms with Crippen LogP contribution in [0.4, 0.5) is 11.4 Å². The van der Waals surface area contributed by atoms with Crippen LogP contribution in [0.1, 0.15) is 20.8 Å². The summed E-state index contributed by atoms with van der Waals surface area (Å²) < 4.78 is 0. The van der Waals surface area contributed by atoms with Crippen molar-refractivity contribution >= 4 is 28.9 Å². The van der Waals surface area contributed by atoms with Crippen LogP contribution in [0.15, 0.2) is 18.2 Å². The molecule has 1 amide bonds. The second kappa shape index (κ2) is 5.48. The van der Waals surface area contributed by atoms with Crippen LogP contribution in [0.5, 0.6) is 0 Å². The SMILES string of the molecule is CN(CC(=O)NC(C)(C)C)c1cc(Cl)ccc1N. The first kappa shape index (κ1) is 14.6. The van der Waals surface area contributed by atoms with Crippen LogP contribution in [-0.4, -0.2) is 25.0 Å². The van der Waals surface area contributed by atoms with Gasteiger partial charge in [-0.2, -0.15) is 0 Å². The minimum absolute atomic E-state index is 0.0515. The molecule has 1 aromatic rings. The second-order valence-electron chi connectivity index (χ2n) is 5.36. The van der Waals surface area contributed by atoms with Crippen molar-refractivity contribution in [1.82, 2.24) is 5.32 Å². The lowest BCUT2D eigenvalue weighted by Gasteiger charge is -2.25. The number of nitrogens with one attached hydrogen (secondary N) is 1. The molecule has 0 atom stereocenters. The lowest BCUT2D eigenvalue weighted by Crippen LogP contribution is -2.45. The quantitative estimate of drug-likeness (QED) is 0.828. The number of carbonyl (C=O) groups is 1. The Bertz CT molecular complexity index is 440. The maximum atomic E-state index is 11.8. The van der Waals surface area contributed by atoms with E-state index >= 15 is 0 Å². The van der Waals surface area contributed by atoms with Gasteiger partial charge < -0.3 is 16.0 Å². The van der Waals surface area contributed by atoms with E-state index in [0.717, 1.165) is 5.69 Å². The maximum absolute atomic E-state index is 11.8. The summed E-state index contributed by atoms with van der Waals surface area (Å²) in [6.07, 6.45) is 0. The Kier molecular flexibility index (Phi) is 4.46. The average Bonchev–Trinajstić information content (AvgIpc) is 2.18. The summed E-state index contributed by atoms with van der Waals surface area (Å²) in [5.41, 5.74) is 6.98. The molecule has 0 fully saturated rings. The molecule has 0 unspecified atom stereocenters. The number of likely N-dealkylation sites (N-methyl/N-ethyl adjacent to an activating group) is 1. The zero-order valence-electron chi connectivity index (χ0n) is 11.2.